The molecule has 1 aromatic heterocycles. The van der Waals surface area contributed by atoms with Crippen molar-refractivity contribution in [2.24, 2.45) is 0 Å². The van der Waals surface area contributed by atoms with Gasteiger partial charge >= 0.3 is 0 Å². The number of rotatable bonds is 10. The molecule has 1 saturated carbocycles. The van der Waals surface area contributed by atoms with Crippen molar-refractivity contribution in [1.82, 2.24) is 10.2 Å². The van der Waals surface area contributed by atoms with E-state index in [2.05, 4.69) is 5.32 Å². The van der Waals surface area contributed by atoms with Crippen LogP contribution in [-0.4, -0.2) is 44.1 Å². The minimum Gasteiger partial charge on any atom is -0.493 e. The highest BCUT2D eigenvalue weighted by Crippen LogP contribution is 2.41. The zero-order chi connectivity index (χ0) is 26.4. The van der Waals surface area contributed by atoms with Gasteiger partial charge in [0.2, 0.25) is 11.7 Å². The Balaban J connectivity index is 1.86. The number of carbonyl (C=O) groups is 2. The standard InChI is InChI=1S/C28H31ClN2O6/c1-34-23-15-19(16-24(35-2)26(23)36-3)25(27(32)30-20-10-5-6-11-20)31(28(33)22-13-8-14-37-22)17-18-9-4-7-12-21(18)29/h4,7-9,12-16,20,25H,5-6,10-11,17H2,1-3H3,(H,30,32)/t25-/m0/s1. The summed E-state index contributed by atoms with van der Waals surface area (Å²) < 4.78 is 22.0. The summed E-state index contributed by atoms with van der Waals surface area (Å²) in [4.78, 5) is 29.3. The van der Waals surface area contributed by atoms with Gasteiger partial charge in [-0.25, -0.2) is 0 Å². The maximum Gasteiger partial charge on any atom is 0.290 e. The number of hydrogen-bond acceptors (Lipinski definition) is 6. The van der Waals surface area contributed by atoms with Crippen LogP contribution in [0.25, 0.3) is 0 Å². The van der Waals surface area contributed by atoms with E-state index < -0.39 is 11.9 Å². The maximum atomic E-state index is 14.0. The first-order valence-electron chi connectivity index (χ1n) is 12.1. The molecule has 4 rings (SSSR count). The molecule has 0 radical (unpaired) electrons. The second-order valence-corrected chi connectivity index (χ2v) is 9.26. The van der Waals surface area contributed by atoms with Crippen molar-refractivity contribution in [1.29, 1.82) is 0 Å². The molecular formula is C28H31ClN2O6. The van der Waals surface area contributed by atoms with Crippen LogP contribution in [0.1, 0.15) is 53.4 Å². The Hall–Kier alpha value is -3.65. The molecule has 0 saturated heterocycles. The Labute approximate surface area is 221 Å². The van der Waals surface area contributed by atoms with Gasteiger partial charge in [-0.05, 0) is 54.3 Å². The average molecular weight is 527 g/mol. The van der Waals surface area contributed by atoms with Crippen molar-refractivity contribution in [3.63, 3.8) is 0 Å². The molecule has 1 aliphatic carbocycles. The minimum absolute atomic E-state index is 0.0397. The van der Waals surface area contributed by atoms with Crippen LogP contribution in [0.3, 0.4) is 0 Å². The number of nitrogens with one attached hydrogen (secondary N) is 1. The number of methoxy groups -OCH3 is 3. The van der Waals surface area contributed by atoms with Gasteiger partial charge in [-0.3, -0.25) is 9.59 Å². The summed E-state index contributed by atoms with van der Waals surface area (Å²) >= 11 is 6.48. The van der Waals surface area contributed by atoms with Crippen molar-refractivity contribution in [3.8, 4) is 17.2 Å². The van der Waals surface area contributed by atoms with Gasteiger partial charge in [0.15, 0.2) is 17.3 Å². The van der Waals surface area contributed by atoms with E-state index >= 15 is 0 Å². The lowest BCUT2D eigenvalue weighted by atomic mass is 10.0. The van der Waals surface area contributed by atoms with Crippen LogP contribution in [0.4, 0.5) is 0 Å². The van der Waals surface area contributed by atoms with Crippen LogP contribution in [0.5, 0.6) is 17.2 Å². The summed E-state index contributed by atoms with van der Waals surface area (Å²) in [6.45, 7) is 0.0681. The van der Waals surface area contributed by atoms with Gasteiger partial charge in [-0.15, -0.1) is 0 Å². The second-order valence-electron chi connectivity index (χ2n) is 8.85. The maximum absolute atomic E-state index is 14.0. The topological polar surface area (TPSA) is 90.2 Å². The first kappa shape index (κ1) is 26.4. The molecule has 0 unspecified atom stereocenters. The van der Waals surface area contributed by atoms with Crippen molar-refractivity contribution < 1.29 is 28.2 Å². The highest BCUT2D eigenvalue weighted by atomic mass is 35.5. The Bertz CT molecular complexity index is 1200. The van der Waals surface area contributed by atoms with Gasteiger partial charge in [0.25, 0.3) is 5.91 Å². The Morgan fingerprint density at radius 2 is 1.70 bits per heavy atom. The molecule has 1 fully saturated rings. The molecule has 1 atom stereocenters. The van der Waals surface area contributed by atoms with Crippen LogP contribution < -0.4 is 19.5 Å². The first-order valence-corrected chi connectivity index (χ1v) is 12.5. The zero-order valence-corrected chi connectivity index (χ0v) is 21.9. The summed E-state index contributed by atoms with van der Waals surface area (Å²) in [6.07, 6.45) is 5.31. The molecule has 8 nitrogen and oxygen atoms in total. The quantitative estimate of drug-likeness (QED) is 0.380. The van der Waals surface area contributed by atoms with Gasteiger partial charge in [0.05, 0.1) is 27.6 Å². The normalized spacial score (nSPS) is 14.2. The van der Waals surface area contributed by atoms with E-state index in [9.17, 15) is 9.59 Å². The van der Waals surface area contributed by atoms with Crippen molar-refractivity contribution in [2.75, 3.05) is 21.3 Å². The fourth-order valence-electron chi connectivity index (χ4n) is 4.71. The van der Waals surface area contributed by atoms with E-state index in [4.69, 9.17) is 30.2 Å². The number of nitrogens with zero attached hydrogens (tertiary/aromatic N) is 1. The van der Waals surface area contributed by atoms with Gasteiger partial charge in [0.1, 0.15) is 6.04 Å². The van der Waals surface area contributed by atoms with Gasteiger partial charge < -0.3 is 28.8 Å². The molecule has 37 heavy (non-hydrogen) atoms. The molecule has 2 aromatic carbocycles. The lowest BCUT2D eigenvalue weighted by Gasteiger charge is -2.32. The highest BCUT2D eigenvalue weighted by Gasteiger charge is 2.36. The largest absolute Gasteiger partial charge is 0.493 e. The molecule has 2 amide bonds. The predicted octanol–water partition coefficient (Wildman–Crippen LogP) is 5.40. The van der Waals surface area contributed by atoms with Crippen LogP contribution in [0.2, 0.25) is 5.02 Å². The molecule has 3 aromatic rings. The summed E-state index contributed by atoms with van der Waals surface area (Å²) in [5.74, 6) is 0.479. The number of benzene rings is 2. The van der Waals surface area contributed by atoms with Crippen LogP contribution in [0, 0.1) is 0 Å². The summed E-state index contributed by atoms with van der Waals surface area (Å²) in [7, 11) is 4.52. The third-order valence-corrected chi connectivity index (χ3v) is 6.92. The Kier molecular flexibility index (Phi) is 8.61. The van der Waals surface area contributed by atoms with E-state index in [0.717, 1.165) is 25.7 Å². The predicted molar refractivity (Wildman–Crippen MR) is 139 cm³/mol. The average Bonchev–Trinajstić information content (AvgIpc) is 3.63. The third kappa shape index (κ3) is 5.85. The summed E-state index contributed by atoms with van der Waals surface area (Å²) in [5.41, 5.74) is 1.19. The molecule has 0 bridgehead atoms. The van der Waals surface area contributed by atoms with Crippen molar-refractivity contribution in [3.05, 3.63) is 76.7 Å². The first-order chi connectivity index (χ1) is 18.0. The molecule has 1 N–H and O–H groups in total. The number of hydrogen-bond donors (Lipinski definition) is 1. The number of halogens is 1. The number of carbonyl (C=O) groups excluding carboxylic acids is 2. The lowest BCUT2D eigenvalue weighted by molar-refractivity contribution is -0.126. The fraction of sp³-hybridized carbons (Fsp3) is 0.357. The van der Waals surface area contributed by atoms with Crippen LogP contribution >= 0.6 is 11.6 Å². The van der Waals surface area contributed by atoms with E-state index in [0.29, 0.717) is 33.4 Å². The van der Waals surface area contributed by atoms with E-state index in [-0.39, 0.29) is 24.3 Å². The molecule has 1 heterocycles. The van der Waals surface area contributed by atoms with E-state index in [1.54, 1.807) is 30.3 Å². The molecule has 9 heteroatoms. The van der Waals surface area contributed by atoms with Gasteiger partial charge in [-0.2, -0.15) is 0 Å². The molecule has 0 aliphatic heterocycles. The Morgan fingerprint density at radius 1 is 1.03 bits per heavy atom. The minimum atomic E-state index is -1.04. The van der Waals surface area contributed by atoms with Crippen LogP contribution in [0.15, 0.2) is 59.2 Å². The van der Waals surface area contributed by atoms with Crippen LogP contribution in [-0.2, 0) is 11.3 Å². The molecular weight excluding hydrogens is 496 g/mol. The smallest absolute Gasteiger partial charge is 0.290 e. The van der Waals surface area contributed by atoms with Gasteiger partial charge in [-0.1, -0.05) is 42.6 Å². The summed E-state index contributed by atoms with van der Waals surface area (Å²) in [6, 6.07) is 12.8. The lowest BCUT2D eigenvalue weighted by Crippen LogP contribution is -2.45. The van der Waals surface area contributed by atoms with E-state index in [1.165, 1.54) is 32.5 Å². The monoisotopic (exact) mass is 526 g/mol. The van der Waals surface area contributed by atoms with Gasteiger partial charge in [0, 0.05) is 17.6 Å². The number of furan rings is 1. The fourth-order valence-corrected chi connectivity index (χ4v) is 4.91. The third-order valence-electron chi connectivity index (χ3n) is 6.56. The number of amides is 2. The van der Waals surface area contributed by atoms with Crippen molar-refractivity contribution >= 4 is 23.4 Å². The summed E-state index contributed by atoms with van der Waals surface area (Å²) in [5, 5.41) is 3.64. The zero-order valence-electron chi connectivity index (χ0n) is 21.2. The van der Waals surface area contributed by atoms with E-state index in [1.807, 2.05) is 18.2 Å². The molecule has 196 valence electrons. The second kappa shape index (κ2) is 12.1. The molecule has 0 spiro atoms. The SMILES string of the molecule is COc1cc([C@@H](C(=O)NC2CCCC2)N(Cc2ccccc2Cl)C(=O)c2ccco2)cc(OC)c1OC. The highest BCUT2D eigenvalue weighted by molar-refractivity contribution is 6.31. The molecule has 1 aliphatic rings. The number of ether oxygens (including phenoxy) is 3. The Morgan fingerprint density at radius 3 is 2.27 bits per heavy atom. The van der Waals surface area contributed by atoms with Crippen molar-refractivity contribution in [2.45, 2.75) is 44.3 Å².